The molecule has 2 aromatic carbocycles. The van der Waals surface area contributed by atoms with Crippen molar-refractivity contribution in [2.45, 2.75) is 20.4 Å². The largest absolute Gasteiger partial charge is 0.478 e. The van der Waals surface area contributed by atoms with Crippen LogP contribution in [0.25, 0.3) is 0 Å². The fourth-order valence-corrected chi connectivity index (χ4v) is 2.92. The zero-order valence-corrected chi connectivity index (χ0v) is 17.0. The Kier molecular flexibility index (Phi) is 6.30. The van der Waals surface area contributed by atoms with E-state index < -0.39 is 11.9 Å². The number of rotatable bonds is 6. The van der Waals surface area contributed by atoms with Crippen molar-refractivity contribution in [1.29, 1.82) is 0 Å². The second-order valence-corrected chi connectivity index (χ2v) is 7.09. The number of aromatic nitrogens is 1. The van der Waals surface area contributed by atoms with Gasteiger partial charge in [-0.05, 0) is 61.4 Å². The van der Waals surface area contributed by atoms with Gasteiger partial charge in [-0.3, -0.25) is 14.4 Å². The standard InChI is InChI=1S/C23H21N3O5/c1-14-3-10-21(28)26(12-14)13-20(27)24-18-8-6-16(7-9-18)22(29)25-19-11-17(23(30)31)5-4-15(19)2/h3-12H,13H2,1-2H3,(H,24,27)(H,25,29)(H,30,31). The summed E-state index contributed by atoms with van der Waals surface area (Å²) in [7, 11) is 0. The molecule has 0 saturated heterocycles. The van der Waals surface area contributed by atoms with Gasteiger partial charge in [-0.25, -0.2) is 4.79 Å². The first-order valence-electron chi connectivity index (χ1n) is 9.45. The van der Waals surface area contributed by atoms with Crippen molar-refractivity contribution in [3.8, 4) is 0 Å². The van der Waals surface area contributed by atoms with E-state index >= 15 is 0 Å². The molecule has 0 aliphatic carbocycles. The summed E-state index contributed by atoms with van der Waals surface area (Å²) in [5.41, 5.74) is 2.63. The summed E-state index contributed by atoms with van der Waals surface area (Å²) in [6.07, 6.45) is 1.61. The highest BCUT2D eigenvalue weighted by atomic mass is 16.4. The number of hydrogen-bond donors (Lipinski definition) is 3. The van der Waals surface area contributed by atoms with Gasteiger partial charge in [0.1, 0.15) is 6.54 Å². The molecule has 0 radical (unpaired) electrons. The highest BCUT2D eigenvalue weighted by Crippen LogP contribution is 2.19. The Morgan fingerprint density at radius 1 is 0.903 bits per heavy atom. The monoisotopic (exact) mass is 419 g/mol. The number of pyridine rings is 1. The number of carbonyl (C=O) groups excluding carboxylic acids is 2. The zero-order valence-electron chi connectivity index (χ0n) is 17.0. The Bertz CT molecular complexity index is 1210. The molecule has 0 fully saturated rings. The van der Waals surface area contributed by atoms with Crippen LogP contribution in [0.1, 0.15) is 31.8 Å². The maximum absolute atomic E-state index is 12.5. The van der Waals surface area contributed by atoms with Crippen molar-refractivity contribution in [3.63, 3.8) is 0 Å². The SMILES string of the molecule is Cc1ccc(=O)n(CC(=O)Nc2ccc(C(=O)Nc3cc(C(=O)O)ccc3C)cc2)c1. The van der Waals surface area contributed by atoms with Gasteiger partial charge in [-0.15, -0.1) is 0 Å². The number of benzene rings is 2. The van der Waals surface area contributed by atoms with Crippen LogP contribution in [-0.4, -0.2) is 27.5 Å². The normalized spacial score (nSPS) is 10.4. The lowest BCUT2D eigenvalue weighted by Gasteiger charge is -2.11. The first-order valence-corrected chi connectivity index (χ1v) is 9.45. The zero-order chi connectivity index (χ0) is 22.5. The van der Waals surface area contributed by atoms with Crippen LogP contribution in [0.2, 0.25) is 0 Å². The van der Waals surface area contributed by atoms with Gasteiger partial charge in [0, 0.05) is 29.2 Å². The molecule has 0 aliphatic rings. The molecule has 0 unspecified atom stereocenters. The number of aryl methyl sites for hydroxylation is 2. The quantitative estimate of drug-likeness (QED) is 0.568. The Hall–Kier alpha value is -4.20. The Labute approximate surface area is 178 Å². The van der Waals surface area contributed by atoms with Crippen molar-refractivity contribution in [3.05, 3.63) is 93.4 Å². The van der Waals surface area contributed by atoms with E-state index in [4.69, 9.17) is 5.11 Å². The molecular weight excluding hydrogens is 398 g/mol. The van der Waals surface area contributed by atoms with Crippen LogP contribution >= 0.6 is 0 Å². The number of nitrogens with one attached hydrogen (secondary N) is 2. The molecule has 0 atom stereocenters. The number of carboxylic acid groups (broad SMARTS) is 1. The van der Waals surface area contributed by atoms with E-state index in [0.29, 0.717) is 16.9 Å². The molecule has 1 aromatic heterocycles. The number of amides is 2. The topological polar surface area (TPSA) is 118 Å². The lowest BCUT2D eigenvalue weighted by atomic mass is 10.1. The smallest absolute Gasteiger partial charge is 0.335 e. The highest BCUT2D eigenvalue weighted by molar-refractivity contribution is 6.05. The summed E-state index contributed by atoms with van der Waals surface area (Å²) in [5.74, 6) is -1.86. The van der Waals surface area contributed by atoms with Crippen LogP contribution in [0.15, 0.2) is 65.6 Å². The molecule has 31 heavy (non-hydrogen) atoms. The summed E-state index contributed by atoms with van der Waals surface area (Å²) in [6, 6.07) is 13.8. The molecule has 0 saturated carbocycles. The number of carboxylic acids is 1. The predicted molar refractivity (Wildman–Crippen MR) is 117 cm³/mol. The van der Waals surface area contributed by atoms with Gasteiger partial charge in [-0.1, -0.05) is 12.1 Å². The number of aromatic carboxylic acids is 1. The van der Waals surface area contributed by atoms with E-state index in [1.165, 1.54) is 22.8 Å². The molecule has 3 aromatic rings. The number of anilines is 2. The summed E-state index contributed by atoms with van der Waals surface area (Å²) < 4.78 is 1.32. The fraction of sp³-hybridized carbons (Fsp3) is 0.130. The summed E-state index contributed by atoms with van der Waals surface area (Å²) >= 11 is 0. The molecule has 0 bridgehead atoms. The van der Waals surface area contributed by atoms with E-state index in [-0.39, 0.29) is 23.6 Å². The molecule has 3 rings (SSSR count). The van der Waals surface area contributed by atoms with Crippen LogP contribution in [-0.2, 0) is 11.3 Å². The third-order valence-corrected chi connectivity index (χ3v) is 4.61. The van der Waals surface area contributed by atoms with Crippen LogP contribution in [0.4, 0.5) is 11.4 Å². The first kappa shape index (κ1) is 21.5. The molecule has 158 valence electrons. The van der Waals surface area contributed by atoms with Gasteiger partial charge in [0.2, 0.25) is 5.91 Å². The van der Waals surface area contributed by atoms with E-state index in [9.17, 15) is 19.2 Å². The number of hydrogen-bond acceptors (Lipinski definition) is 4. The Morgan fingerprint density at radius 2 is 1.58 bits per heavy atom. The lowest BCUT2D eigenvalue weighted by molar-refractivity contribution is -0.116. The minimum atomic E-state index is -1.08. The second kappa shape index (κ2) is 9.08. The van der Waals surface area contributed by atoms with E-state index in [1.807, 2.05) is 6.92 Å². The van der Waals surface area contributed by atoms with Gasteiger partial charge in [0.15, 0.2) is 0 Å². The van der Waals surface area contributed by atoms with Crippen LogP contribution < -0.4 is 16.2 Å². The summed E-state index contributed by atoms with van der Waals surface area (Å²) in [4.78, 5) is 47.7. The molecule has 8 heteroatoms. The first-order chi connectivity index (χ1) is 14.7. The number of carbonyl (C=O) groups is 3. The Balaban J connectivity index is 1.66. The van der Waals surface area contributed by atoms with Crippen LogP contribution in [0.3, 0.4) is 0 Å². The van der Waals surface area contributed by atoms with E-state index in [1.54, 1.807) is 49.5 Å². The van der Waals surface area contributed by atoms with Gasteiger partial charge < -0.3 is 20.3 Å². The van der Waals surface area contributed by atoms with Crippen molar-refractivity contribution in [2.75, 3.05) is 10.6 Å². The Morgan fingerprint density at radius 3 is 2.26 bits per heavy atom. The molecule has 2 amide bonds. The fourth-order valence-electron chi connectivity index (χ4n) is 2.92. The van der Waals surface area contributed by atoms with Gasteiger partial charge in [-0.2, -0.15) is 0 Å². The van der Waals surface area contributed by atoms with Gasteiger partial charge >= 0.3 is 5.97 Å². The van der Waals surface area contributed by atoms with Gasteiger partial charge in [0.25, 0.3) is 11.5 Å². The van der Waals surface area contributed by atoms with Crippen molar-refractivity contribution in [2.24, 2.45) is 0 Å². The van der Waals surface area contributed by atoms with Crippen LogP contribution in [0, 0.1) is 13.8 Å². The van der Waals surface area contributed by atoms with Crippen LogP contribution in [0.5, 0.6) is 0 Å². The van der Waals surface area contributed by atoms with Gasteiger partial charge in [0.05, 0.1) is 5.56 Å². The lowest BCUT2D eigenvalue weighted by Crippen LogP contribution is -2.26. The maximum Gasteiger partial charge on any atom is 0.335 e. The number of nitrogens with zero attached hydrogens (tertiary/aromatic N) is 1. The minimum Gasteiger partial charge on any atom is -0.478 e. The van der Waals surface area contributed by atoms with Crippen molar-refractivity contribution < 1.29 is 19.5 Å². The summed E-state index contributed by atoms with van der Waals surface area (Å²) in [5, 5.41) is 14.5. The molecule has 0 aliphatic heterocycles. The third-order valence-electron chi connectivity index (χ3n) is 4.61. The molecule has 8 nitrogen and oxygen atoms in total. The van der Waals surface area contributed by atoms with Crippen molar-refractivity contribution in [1.82, 2.24) is 4.57 Å². The molecule has 1 heterocycles. The van der Waals surface area contributed by atoms with Crippen molar-refractivity contribution >= 4 is 29.2 Å². The minimum absolute atomic E-state index is 0.0756. The second-order valence-electron chi connectivity index (χ2n) is 7.09. The van der Waals surface area contributed by atoms with E-state index in [2.05, 4.69) is 10.6 Å². The highest BCUT2D eigenvalue weighted by Gasteiger charge is 2.11. The summed E-state index contributed by atoms with van der Waals surface area (Å²) in [6.45, 7) is 3.47. The third kappa shape index (κ3) is 5.45. The average Bonchev–Trinajstić information content (AvgIpc) is 2.72. The molecular formula is C23H21N3O5. The predicted octanol–water partition coefficient (Wildman–Crippen LogP) is 3.05. The molecule has 0 spiro atoms. The van der Waals surface area contributed by atoms with E-state index in [0.717, 1.165) is 11.1 Å². The molecule has 3 N–H and O–H groups in total. The maximum atomic E-state index is 12.5. The average molecular weight is 419 g/mol.